The zero-order valence-electron chi connectivity index (χ0n) is 9.29. The number of hydrogen-bond acceptors (Lipinski definition) is 2. The lowest BCUT2D eigenvalue weighted by Crippen LogP contribution is -2.00. The molecule has 2 rings (SSSR count). The van der Waals surface area contributed by atoms with E-state index < -0.39 is 0 Å². The third-order valence-corrected chi connectivity index (χ3v) is 3.43. The van der Waals surface area contributed by atoms with Gasteiger partial charge in [-0.1, -0.05) is 46.9 Å². The molecule has 94 valence electrons. The van der Waals surface area contributed by atoms with Gasteiger partial charge in [-0.3, -0.25) is 0 Å². The Kier molecular flexibility index (Phi) is 4.23. The quantitative estimate of drug-likeness (QED) is 0.826. The fraction of sp³-hybridized carbons (Fsp3) is 0.0769. The van der Waals surface area contributed by atoms with E-state index in [1.807, 2.05) is 0 Å². The molecule has 0 atom stereocenters. The Morgan fingerprint density at radius 3 is 2.06 bits per heavy atom. The highest BCUT2D eigenvalue weighted by atomic mass is 35.5. The number of benzene rings is 2. The van der Waals surface area contributed by atoms with E-state index in [0.29, 0.717) is 32.1 Å². The molecule has 0 heterocycles. The van der Waals surface area contributed by atoms with Gasteiger partial charge in [-0.15, -0.1) is 0 Å². The highest BCUT2D eigenvalue weighted by Gasteiger charge is 2.09. The number of rotatable bonds is 3. The molecule has 2 N–H and O–H groups in total. The predicted molar refractivity (Wildman–Crippen MR) is 76.7 cm³/mol. The van der Waals surface area contributed by atoms with Crippen LogP contribution in [-0.4, -0.2) is 0 Å². The van der Waals surface area contributed by atoms with Crippen molar-refractivity contribution in [3.05, 3.63) is 57.0 Å². The van der Waals surface area contributed by atoms with Gasteiger partial charge < -0.3 is 10.5 Å². The largest absolute Gasteiger partial charge is 0.485 e. The van der Waals surface area contributed by atoms with E-state index >= 15 is 0 Å². The van der Waals surface area contributed by atoms with Crippen molar-refractivity contribution in [1.29, 1.82) is 0 Å². The highest BCUT2D eigenvalue weighted by molar-refractivity contribution is 6.36. The topological polar surface area (TPSA) is 35.2 Å². The van der Waals surface area contributed by atoms with Gasteiger partial charge in [-0.25, -0.2) is 0 Å². The number of ether oxygens (including phenoxy) is 1. The molecule has 0 unspecified atom stereocenters. The Morgan fingerprint density at radius 1 is 0.889 bits per heavy atom. The molecule has 0 fully saturated rings. The van der Waals surface area contributed by atoms with Gasteiger partial charge in [0, 0.05) is 15.6 Å². The summed E-state index contributed by atoms with van der Waals surface area (Å²) in [5.74, 6) is 0.440. The smallest absolute Gasteiger partial charge is 0.161 e. The lowest BCUT2D eigenvalue weighted by atomic mass is 10.2. The van der Waals surface area contributed by atoms with Crippen LogP contribution in [0.25, 0.3) is 0 Å². The number of hydrogen-bond donors (Lipinski definition) is 1. The Morgan fingerprint density at radius 2 is 1.44 bits per heavy atom. The van der Waals surface area contributed by atoms with Gasteiger partial charge >= 0.3 is 0 Å². The van der Waals surface area contributed by atoms with E-state index in [-0.39, 0.29) is 6.61 Å². The molecule has 0 radical (unpaired) electrons. The fourth-order valence-electron chi connectivity index (χ4n) is 1.49. The van der Waals surface area contributed by atoms with Crippen molar-refractivity contribution in [2.24, 2.45) is 0 Å². The minimum absolute atomic E-state index is 0.215. The average molecular weight is 303 g/mol. The van der Waals surface area contributed by atoms with Gasteiger partial charge in [0.2, 0.25) is 0 Å². The summed E-state index contributed by atoms with van der Waals surface area (Å²) >= 11 is 18.1. The Hall–Kier alpha value is -1.09. The van der Waals surface area contributed by atoms with Crippen LogP contribution in [0, 0.1) is 0 Å². The Balaban J connectivity index is 2.22. The van der Waals surface area contributed by atoms with Crippen molar-refractivity contribution in [2.45, 2.75) is 6.61 Å². The highest BCUT2D eigenvalue weighted by Crippen LogP contribution is 2.33. The van der Waals surface area contributed by atoms with Crippen LogP contribution in [0.15, 0.2) is 36.4 Å². The first-order chi connectivity index (χ1) is 8.59. The summed E-state index contributed by atoms with van der Waals surface area (Å²) in [4.78, 5) is 0. The molecule has 2 aromatic carbocycles. The maximum atomic E-state index is 6.05. The average Bonchev–Trinajstić information content (AvgIpc) is 2.31. The lowest BCUT2D eigenvalue weighted by Gasteiger charge is -2.12. The molecule has 2 nitrogen and oxygen atoms in total. The van der Waals surface area contributed by atoms with Gasteiger partial charge in [0.1, 0.15) is 6.61 Å². The monoisotopic (exact) mass is 301 g/mol. The second kappa shape index (κ2) is 5.70. The predicted octanol–water partition coefficient (Wildman–Crippen LogP) is 4.81. The van der Waals surface area contributed by atoms with Crippen LogP contribution in [0.2, 0.25) is 15.1 Å². The zero-order valence-corrected chi connectivity index (χ0v) is 11.6. The van der Waals surface area contributed by atoms with E-state index in [0.717, 1.165) is 0 Å². The molecule has 2 aromatic rings. The number of anilines is 1. The third kappa shape index (κ3) is 2.83. The lowest BCUT2D eigenvalue weighted by molar-refractivity contribution is 0.308. The van der Waals surface area contributed by atoms with E-state index in [4.69, 9.17) is 45.3 Å². The van der Waals surface area contributed by atoms with Crippen molar-refractivity contribution in [3.63, 3.8) is 0 Å². The van der Waals surface area contributed by atoms with E-state index in [1.165, 1.54) is 0 Å². The number of halogens is 3. The van der Waals surface area contributed by atoms with Crippen molar-refractivity contribution < 1.29 is 4.74 Å². The standard InChI is InChI=1S/C13H10Cl3NO/c14-9-3-1-4-10(15)8(9)7-18-13-11(16)5-2-6-12(13)17/h1-6H,7,17H2. The van der Waals surface area contributed by atoms with Gasteiger partial charge in [0.15, 0.2) is 5.75 Å². The summed E-state index contributed by atoms with van der Waals surface area (Å²) < 4.78 is 5.59. The molecule has 18 heavy (non-hydrogen) atoms. The number of nitrogen functional groups attached to an aromatic ring is 1. The fourth-order valence-corrected chi connectivity index (χ4v) is 2.24. The summed E-state index contributed by atoms with van der Waals surface area (Å²) in [7, 11) is 0. The molecule has 0 bridgehead atoms. The van der Waals surface area contributed by atoms with Crippen LogP contribution in [0.5, 0.6) is 5.75 Å². The first-order valence-corrected chi connectivity index (χ1v) is 6.32. The zero-order chi connectivity index (χ0) is 13.1. The van der Waals surface area contributed by atoms with Crippen molar-refractivity contribution in [1.82, 2.24) is 0 Å². The molecule has 0 amide bonds. The number of para-hydroxylation sites is 1. The third-order valence-electron chi connectivity index (χ3n) is 2.42. The molecule has 0 saturated carbocycles. The maximum Gasteiger partial charge on any atom is 0.161 e. The van der Waals surface area contributed by atoms with Crippen LogP contribution in [0.4, 0.5) is 5.69 Å². The van der Waals surface area contributed by atoms with Crippen molar-refractivity contribution >= 4 is 40.5 Å². The summed E-state index contributed by atoms with van der Waals surface area (Å²) in [5.41, 5.74) is 6.97. The molecular weight excluding hydrogens is 293 g/mol. The van der Waals surface area contributed by atoms with E-state index in [9.17, 15) is 0 Å². The van der Waals surface area contributed by atoms with Gasteiger partial charge in [0.25, 0.3) is 0 Å². The minimum atomic E-state index is 0.215. The molecule has 0 saturated heterocycles. The second-order valence-corrected chi connectivity index (χ2v) is 4.87. The molecule has 0 aliphatic rings. The van der Waals surface area contributed by atoms with Crippen molar-refractivity contribution in [2.75, 3.05) is 5.73 Å². The second-order valence-electron chi connectivity index (χ2n) is 3.65. The Bertz CT molecular complexity index is 480. The van der Waals surface area contributed by atoms with Crippen LogP contribution < -0.4 is 10.5 Å². The van der Waals surface area contributed by atoms with Crippen molar-refractivity contribution in [3.8, 4) is 5.75 Å². The molecule has 0 aliphatic heterocycles. The molecule has 0 aromatic heterocycles. The van der Waals surface area contributed by atoms with Crippen LogP contribution >= 0.6 is 34.8 Å². The molecule has 5 heteroatoms. The van der Waals surface area contributed by atoms with Crippen LogP contribution in [-0.2, 0) is 6.61 Å². The summed E-state index contributed by atoms with van der Waals surface area (Å²) in [6, 6.07) is 10.5. The van der Waals surface area contributed by atoms with Crippen LogP contribution in [0.1, 0.15) is 5.56 Å². The molecule has 0 spiro atoms. The van der Waals surface area contributed by atoms with E-state index in [1.54, 1.807) is 36.4 Å². The summed E-state index contributed by atoms with van der Waals surface area (Å²) in [6.45, 7) is 0.215. The molecular formula is C13H10Cl3NO. The van der Waals surface area contributed by atoms with Crippen LogP contribution in [0.3, 0.4) is 0 Å². The normalized spacial score (nSPS) is 10.4. The minimum Gasteiger partial charge on any atom is -0.485 e. The first kappa shape index (κ1) is 13.3. The SMILES string of the molecule is Nc1cccc(Cl)c1OCc1c(Cl)cccc1Cl. The molecule has 0 aliphatic carbocycles. The van der Waals surface area contributed by atoms with Gasteiger partial charge in [-0.2, -0.15) is 0 Å². The van der Waals surface area contributed by atoms with Gasteiger partial charge in [0.05, 0.1) is 10.7 Å². The maximum absolute atomic E-state index is 6.05. The number of nitrogens with two attached hydrogens (primary N) is 1. The van der Waals surface area contributed by atoms with E-state index in [2.05, 4.69) is 0 Å². The summed E-state index contributed by atoms with van der Waals surface area (Å²) in [5, 5.41) is 1.56. The summed E-state index contributed by atoms with van der Waals surface area (Å²) in [6.07, 6.45) is 0. The Labute approximate surface area is 120 Å². The first-order valence-electron chi connectivity index (χ1n) is 5.19. The van der Waals surface area contributed by atoms with Gasteiger partial charge in [-0.05, 0) is 24.3 Å².